The lowest BCUT2D eigenvalue weighted by Gasteiger charge is -2.36. The Morgan fingerprint density at radius 1 is 1.09 bits per heavy atom. The molecule has 1 fully saturated rings. The number of hydrogen-bond donors (Lipinski definition) is 1. The minimum Gasteiger partial charge on any atom is -0.452 e. The Kier molecular flexibility index (Phi) is 6.37. The molecule has 1 aliphatic rings. The number of benzene rings is 2. The molecule has 0 bridgehead atoms. The third-order valence-electron chi connectivity index (χ3n) is 6.12. The van der Waals surface area contributed by atoms with Crippen molar-refractivity contribution in [3.8, 4) is 11.4 Å². The molecule has 0 radical (unpaired) electrons. The first-order valence-corrected chi connectivity index (χ1v) is 11.7. The van der Waals surface area contributed by atoms with E-state index in [9.17, 15) is 9.59 Å². The Bertz CT molecular complexity index is 1380. The summed E-state index contributed by atoms with van der Waals surface area (Å²) in [6.45, 7) is 4.24. The van der Waals surface area contributed by atoms with Gasteiger partial charge in [-0.15, -0.1) is 0 Å². The smallest absolute Gasteiger partial charge is 0.338 e. The summed E-state index contributed by atoms with van der Waals surface area (Å²) >= 11 is 6.15. The number of esters is 1. The molecule has 178 valence electrons. The van der Waals surface area contributed by atoms with E-state index >= 15 is 0 Å². The Balaban J connectivity index is 1.17. The van der Waals surface area contributed by atoms with Gasteiger partial charge < -0.3 is 19.5 Å². The van der Waals surface area contributed by atoms with E-state index in [2.05, 4.69) is 19.9 Å². The molecule has 0 atom stereocenters. The Morgan fingerprint density at radius 2 is 1.91 bits per heavy atom. The molecule has 2 aromatic carbocycles. The Morgan fingerprint density at radius 3 is 2.69 bits per heavy atom. The first-order valence-electron chi connectivity index (χ1n) is 11.3. The number of piperazine rings is 1. The van der Waals surface area contributed by atoms with Crippen LogP contribution in [0, 0.1) is 6.92 Å². The van der Waals surface area contributed by atoms with Crippen molar-refractivity contribution in [2.24, 2.45) is 0 Å². The number of hydrogen-bond acceptors (Lipinski definition) is 6. The number of pyridine rings is 1. The van der Waals surface area contributed by atoms with Crippen LogP contribution in [0.2, 0.25) is 5.02 Å². The van der Waals surface area contributed by atoms with Gasteiger partial charge in [-0.1, -0.05) is 17.7 Å². The van der Waals surface area contributed by atoms with Gasteiger partial charge in [-0.3, -0.25) is 9.78 Å². The molecule has 1 aliphatic heterocycles. The normalized spacial score (nSPS) is 13.8. The van der Waals surface area contributed by atoms with Crippen LogP contribution < -0.4 is 4.90 Å². The van der Waals surface area contributed by atoms with Crippen molar-refractivity contribution in [3.63, 3.8) is 0 Å². The second kappa shape index (κ2) is 9.76. The van der Waals surface area contributed by atoms with Gasteiger partial charge >= 0.3 is 5.97 Å². The highest BCUT2D eigenvalue weighted by Crippen LogP contribution is 2.25. The van der Waals surface area contributed by atoms with Crippen LogP contribution in [-0.4, -0.2) is 64.5 Å². The number of rotatable bonds is 5. The van der Waals surface area contributed by atoms with E-state index in [1.54, 1.807) is 35.5 Å². The van der Waals surface area contributed by atoms with Gasteiger partial charge in [0, 0.05) is 54.8 Å². The van der Waals surface area contributed by atoms with Crippen LogP contribution in [0.25, 0.3) is 22.4 Å². The van der Waals surface area contributed by atoms with Gasteiger partial charge in [-0.2, -0.15) is 0 Å². The Hall–Kier alpha value is -3.91. The molecule has 1 saturated heterocycles. The zero-order chi connectivity index (χ0) is 24.4. The fourth-order valence-corrected chi connectivity index (χ4v) is 4.36. The predicted octanol–water partition coefficient (Wildman–Crippen LogP) is 4.09. The molecular formula is C26H24ClN5O3. The highest BCUT2D eigenvalue weighted by Gasteiger charge is 2.23. The lowest BCUT2D eigenvalue weighted by Crippen LogP contribution is -2.50. The summed E-state index contributed by atoms with van der Waals surface area (Å²) in [5.74, 6) is -0.0887. The molecule has 2 aromatic heterocycles. The topological polar surface area (TPSA) is 91.4 Å². The average molecular weight is 490 g/mol. The molecule has 3 heterocycles. The summed E-state index contributed by atoms with van der Waals surface area (Å²) < 4.78 is 5.32. The van der Waals surface area contributed by atoms with Crippen molar-refractivity contribution in [1.82, 2.24) is 19.9 Å². The number of imidazole rings is 1. The summed E-state index contributed by atoms with van der Waals surface area (Å²) in [4.78, 5) is 41.0. The van der Waals surface area contributed by atoms with Crippen molar-refractivity contribution in [3.05, 3.63) is 77.1 Å². The highest BCUT2D eigenvalue weighted by molar-refractivity contribution is 6.30. The number of H-pyrrole nitrogens is 1. The summed E-state index contributed by atoms with van der Waals surface area (Å²) in [5, 5.41) is 0.692. The standard InChI is InChI=1S/C26H24ClN5O3/c1-17-4-6-20(27)14-23(17)31-9-11-32(12-10-31)24(33)16-35-26(34)18-5-7-21-22(13-18)30-25(29-21)19-3-2-8-28-15-19/h2-8,13-15H,9-12,16H2,1H3,(H,29,30). The third kappa shape index (κ3) is 4.97. The quantitative estimate of drug-likeness (QED) is 0.424. The van der Waals surface area contributed by atoms with Crippen LogP contribution in [0.3, 0.4) is 0 Å². The van der Waals surface area contributed by atoms with E-state index in [4.69, 9.17) is 16.3 Å². The zero-order valence-electron chi connectivity index (χ0n) is 19.2. The summed E-state index contributed by atoms with van der Waals surface area (Å²) in [7, 11) is 0. The van der Waals surface area contributed by atoms with Crippen molar-refractivity contribution < 1.29 is 14.3 Å². The number of carbonyl (C=O) groups excluding carboxylic acids is 2. The Labute approximate surface area is 207 Å². The fraction of sp³-hybridized carbons (Fsp3) is 0.231. The zero-order valence-corrected chi connectivity index (χ0v) is 20.0. The van der Waals surface area contributed by atoms with E-state index in [0.717, 1.165) is 22.3 Å². The average Bonchev–Trinajstić information content (AvgIpc) is 3.33. The number of fused-ring (bicyclic) bond motifs is 1. The van der Waals surface area contributed by atoms with Gasteiger partial charge in [0.2, 0.25) is 0 Å². The van der Waals surface area contributed by atoms with Crippen molar-refractivity contribution in [1.29, 1.82) is 0 Å². The third-order valence-corrected chi connectivity index (χ3v) is 6.36. The second-order valence-corrected chi connectivity index (χ2v) is 8.87. The van der Waals surface area contributed by atoms with Crippen LogP contribution in [0.4, 0.5) is 5.69 Å². The molecule has 0 saturated carbocycles. The van der Waals surface area contributed by atoms with Crippen molar-refractivity contribution in [2.45, 2.75) is 6.92 Å². The predicted molar refractivity (Wildman–Crippen MR) is 135 cm³/mol. The number of anilines is 1. The van der Waals surface area contributed by atoms with E-state index in [0.29, 0.717) is 48.1 Å². The molecule has 1 N–H and O–H groups in total. The maximum absolute atomic E-state index is 12.7. The molecule has 35 heavy (non-hydrogen) atoms. The van der Waals surface area contributed by atoms with E-state index < -0.39 is 5.97 Å². The summed E-state index contributed by atoms with van der Waals surface area (Å²) in [6, 6.07) is 14.6. The lowest BCUT2D eigenvalue weighted by atomic mass is 10.1. The molecule has 0 unspecified atom stereocenters. The SMILES string of the molecule is Cc1ccc(Cl)cc1N1CCN(C(=O)COC(=O)c2ccc3nc(-c4cccnc4)[nH]c3c2)CC1. The van der Waals surface area contributed by atoms with Crippen LogP contribution in [0.1, 0.15) is 15.9 Å². The van der Waals surface area contributed by atoms with E-state index in [1.165, 1.54) is 0 Å². The maximum atomic E-state index is 12.7. The number of aromatic nitrogens is 3. The molecule has 5 rings (SSSR count). The summed E-state index contributed by atoms with van der Waals surface area (Å²) in [5.41, 5.74) is 4.86. The fourth-order valence-electron chi connectivity index (χ4n) is 4.20. The van der Waals surface area contributed by atoms with Gasteiger partial charge in [0.05, 0.1) is 16.6 Å². The van der Waals surface area contributed by atoms with Gasteiger partial charge in [-0.25, -0.2) is 9.78 Å². The number of aromatic amines is 1. The van der Waals surface area contributed by atoms with Gasteiger partial charge in [-0.05, 0) is 55.0 Å². The number of aryl methyl sites for hydroxylation is 1. The lowest BCUT2D eigenvalue weighted by molar-refractivity contribution is -0.134. The van der Waals surface area contributed by atoms with Gasteiger partial charge in [0.15, 0.2) is 6.61 Å². The van der Waals surface area contributed by atoms with Crippen LogP contribution in [0.15, 0.2) is 60.9 Å². The molecule has 1 amide bonds. The maximum Gasteiger partial charge on any atom is 0.338 e. The van der Waals surface area contributed by atoms with Crippen molar-refractivity contribution >= 4 is 40.2 Å². The molecule has 9 heteroatoms. The number of nitrogens with zero attached hydrogens (tertiary/aromatic N) is 4. The van der Waals surface area contributed by atoms with Crippen molar-refractivity contribution in [2.75, 3.05) is 37.7 Å². The van der Waals surface area contributed by atoms with Gasteiger partial charge in [0.25, 0.3) is 5.91 Å². The minimum absolute atomic E-state index is 0.206. The summed E-state index contributed by atoms with van der Waals surface area (Å²) in [6.07, 6.45) is 3.41. The number of amides is 1. The molecular weight excluding hydrogens is 466 g/mol. The second-order valence-electron chi connectivity index (χ2n) is 8.43. The minimum atomic E-state index is -0.550. The largest absolute Gasteiger partial charge is 0.452 e. The number of ether oxygens (including phenoxy) is 1. The molecule has 8 nitrogen and oxygen atoms in total. The van der Waals surface area contributed by atoms with Crippen LogP contribution in [-0.2, 0) is 9.53 Å². The monoisotopic (exact) mass is 489 g/mol. The first kappa shape index (κ1) is 22.9. The van der Waals surface area contributed by atoms with Crippen LogP contribution >= 0.6 is 11.6 Å². The molecule has 4 aromatic rings. The first-order chi connectivity index (χ1) is 17.0. The van der Waals surface area contributed by atoms with E-state index in [1.807, 2.05) is 37.3 Å². The number of carbonyl (C=O) groups is 2. The number of halogens is 1. The van der Waals surface area contributed by atoms with E-state index in [-0.39, 0.29) is 12.5 Å². The van der Waals surface area contributed by atoms with Crippen LogP contribution in [0.5, 0.6) is 0 Å². The highest BCUT2D eigenvalue weighted by atomic mass is 35.5. The molecule has 0 spiro atoms. The van der Waals surface area contributed by atoms with Gasteiger partial charge in [0.1, 0.15) is 5.82 Å². The number of nitrogens with one attached hydrogen (secondary N) is 1. The molecule has 0 aliphatic carbocycles.